The van der Waals surface area contributed by atoms with Crippen molar-refractivity contribution in [2.75, 3.05) is 38.5 Å². The van der Waals surface area contributed by atoms with E-state index in [2.05, 4.69) is 32.0 Å². The highest BCUT2D eigenvalue weighted by atomic mass is 16.5. The van der Waals surface area contributed by atoms with Crippen LogP contribution in [-0.4, -0.2) is 68.8 Å². The zero-order chi connectivity index (χ0) is 19.8. The number of nitrogens with zero attached hydrogens (tertiary/aromatic N) is 6. The smallest absolute Gasteiger partial charge is 0.151 e. The monoisotopic (exact) mass is 395 g/mol. The summed E-state index contributed by atoms with van der Waals surface area (Å²) in [7, 11) is 0. The van der Waals surface area contributed by atoms with Crippen molar-refractivity contribution in [1.29, 1.82) is 5.26 Å². The summed E-state index contributed by atoms with van der Waals surface area (Å²) < 4.78 is 8.36. The van der Waals surface area contributed by atoms with Crippen molar-refractivity contribution in [3.63, 3.8) is 0 Å². The molecule has 0 bridgehead atoms. The van der Waals surface area contributed by atoms with Gasteiger partial charge >= 0.3 is 0 Å². The van der Waals surface area contributed by atoms with E-state index < -0.39 is 0 Å². The molecule has 154 valence electrons. The van der Waals surface area contributed by atoms with E-state index in [9.17, 15) is 0 Å². The molecule has 2 aromatic rings. The summed E-state index contributed by atoms with van der Waals surface area (Å²) in [6.45, 7) is 4.81. The number of anilines is 1. The van der Waals surface area contributed by atoms with E-state index in [1.165, 1.54) is 38.6 Å². The van der Waals surface area contributed by atoms with Crippen LogP contribution in [0.2, 0.25) is 0 Å². The lowest BCUT2D eigenvalue weighted by Crippen LogP contribution is -2.53. The van der Waals surface area contributed by atoms with Crippen LogP contribution in [0.5, 0.6) is 0 Å². The van der Waals surface area contributed by atoms with Crippen LogP contribution in [0.3, 0.4) is 0 Å². The zero-order valence-corrected chi connectivity index (χ0v) is 16.8. The number of piperidine rings is 1. The Morgan fingerprint density at radius 1 is 1.21 bits per heavy atom. The first-order valence-corrected chi connectivity index (χ1v) is 10.8. The summed E-state index contributed by atoms with van der Waals surface area (Å²) in [5.41, 5.74) is 8.20. The summed E-state index contributed by atoms with van der Waals surface area (Å²) in [4.78, 5) is 9.05. The van der Waals surface area contributed by atoms with Gasteiger partial charge in [0.1, 0.15) is 17.9 Å². The van der Waals surface area contributed by atoms with Crippen molar-refractivity contribution < 1.29 is 4.74 Å². The molecule has 5 rings (SSSR count). The van der Waals surface area contributed by atoms with Gasteiger partial charge in [-0.05, 0) is 57.2 Å². The van der Waals surface area contributed by atoms with Crippen LogP contribution in [-0.2, 0) is 4.74 Å². The lowest BCUT2D eigenvalue weighted by Gasteiger charge is -2.45. The number of hydrogen-bond acceptors (Lipinski definition) is 7. The van der Waals surface area contributed by atoms with Crippen LogP contribution < -0.4 is 5.73 Å². The number of nitrogen functional groups attached to an aromatic ring is 1. The number of nitrogens with two attached hydrogens (primary N) is 1. The molecule has 5 heterocycles. The summed E-state index contributed by atoms with van der Waals surface area (Å²) in [6.07, 6.45) is 8.81. The highest BCUT2D eigenvalue weighted by Crippen LogP contribution is 2.41. The third-order valence-electron chi connectivity index (χ3n) is 7.19. The molecule has 8 nitrogen and oxygen atoms in total. The highest BCUT2D eigenvalue weighted by Gasteiger charge is 2.44. The summed E-state index contributed by atoms with van der Waals surface area (Å²) in [6, 6.07) is 6.34. The average Bonchev–Trinajstić information content (AvgIpc) is 3.44. The van der Waals surface area contributed by atoms with Crippen molar-refractivity contribution >= 4 is 11.3 Å². The summed E-state index contributed by atoms with van der Waals surface area (Å²) in [5, 5.41) is 13.3. The zero-order valence-electron chi connectivity index (χ0n) is 16.8. The Hall–Kier alpha value is -2.21. The molecular formula is C21H29N7O. The fraction of sp³-hybridized carbons (Fsp3) is 0.667. The topological polar surface area (TPSA) is 95.7 Å². The van der Waals surface area contributed by atoms with Gasteiger partial charge in [0.25, 0.3) is 0 Å². The number of rotatable bonds is 4. The van der Waals surface area contributed by atoms with Gasteiger partial charge in [-0.3, -0.25) is 9.80 Å². The Bertz CT molecular complexity index is 911. The van der Waals surface area contributed by atoms with Crippen molar-refractivity contribution in [3.8, 4) is 6.07 Å². The fourth-order valence-corrected chi connectivity index (χ4v) is 5.59. The maximum absolute atomic E-state index is 8.97. The Balaban J connectivity index is 1.24. The minimum Gasteiger partial charge on any atom is -0.382 e. The van der Waals surface area contributed by atoms with Gasteiger partial charge in [0.15, 0.2) is 5.82 Å². The van der Waals surface area contributed by atoms with E-state index >= 15 is 0 Å². The predicted octanol–water partition coefficient (Wildman–Crippen LogP) is 1.99. The molecule has 2 aromatic heterocycles. The average molecular weight is 396 g/mol. The maximum Gasteiger partial charge on any atom is 0.151 e. The second-order valence-corrected chi connectivity index (χ2v) is 8.73. The van der Waals surface area contributed by atoms with Gasteiger partial charge in [-0.15, -0.1) is 0 Å². The van der Waals surface area contributed by atoms with E-state index in [4.69, 9.17) is 15.7 Å². The largest absolute Gasteiger partial charge is 0.382 e. The Labute approximate surface area is 171 Å². The molecule has 0 amide bonds. The minimum atomic E-state index is 0.0628. The lowest BCUT2D eigenvalue weighted by molar-refractivity contribution is -0.0134. The molecule has 2 N–H and O–H groups in total. The third-order valence-corrected chi connectivity index (χ3v) is 7.19. The molecular weight excluding hydrogens is 366 g/mol. The van der Waals surface area contributed by atoms with Gasteiger partial charge < -0.3 is 10.5 Å². The standard InChI is InChI=1S/C21H29N7O/c22-9-13-26-11-7-21(8-12-26)6-1-10-27(21)14-16-2-5-19(29-16)17-3-4-18-20(23)24-15-25-28(17)18/h3-4,15-16,19H,1-2,5-8,10-14H2,(H2,23,24,25)/t16-,19+/m0/s1. The molecule has 0 aromatic carbocycles. The molecule has 29 heavy (non-hydrogen) atoms. The Morgan fingerprint density at radius 3 is 2.90 bits per heavy atom. The van der Waals surface area contributed by atoms with Crippen molar-refractivity contribution in [1.82, 2.24) is 24.4 Å². The van der Waals surface area contributed by atoms with Crippen molar-refractivity contribution in [2.24, 2.45) is 0 Å². The molecule has 0 radical (unpaired) electrons. The molecule has 3 aliphatic rings. The second-order valence-electron chi connectivity index (χ2n) is 8.73. The normalized spacial score (nSPS) is 27.7. The van der Waals surface area contributed by atoms with Crippen molar-refractivity contribution in [2.45, 2.75) is 56.3 Å². The van der Waals surface area contributed by atoms with Crippen LogP contribution in [0.25, 0.3) is 5.52 Å². The first-order chi connectivity index (χ1) is 14.2. The highest BCUT2D eigenvalue weighted by molar-refractivity contribution is 5.65. The van der Waals surface area contributed by atoms with Gasteiger partial charge in [0.2, 0.25) is 0 Å². The summed E-state index contributed by atoms with van der Waals surface area (Å²) in [5.74, 6) is 0.502. The van der Waals surface area contributed by atoms with Gasteiger partial charge in [0, 0.05) is 25.2 Å². The number of nitriles is 1. The predicted molar refractivity (Wildman–Crippen MR) is 109 cm³/mol. The molecule has 0 saturated carbocycles. The van der Waals surface area contributed by atoms with Crippen molar-refractivity contribution in [3.05, 3.63) is 24.2 Å². The SMILES string of the molecule is N#CCN1CCC2(CCCN2C[C@@H]2CC[C@H](c3ccc4c(N)ncnn34)O2)CC1. The van der Waals surface area contributed by atoms with E-state index in [1.807, 2.05) is 10.6 Å². The molecule has 0 aliphatic carbocycles. The minimum absolute atomic E-state index is 0.0628. The van der Waals surface area contributed by atoms with Crippen LogP contribution in [0.15, 0.2) is 18.5 Å². The molecule has 1 spiro atoms. The molecule has 0 unspecified atom stereocenters. The van der Waals surface area contributed by atoms with E-state index in [0.717, 1.165) is 43.7 Å². The summed E-state index contributed by atoms with van der Waals surface area (Å²) >= 11 is 0. The number of fused-ring (bicyclic) bond motifs is 1. The Morgan fingerprint density at radius 2 is 2.07 bits per heavy atom. The van der Waals surface area contributed by atoms with Crippen LogP contribution in [0, 0.1) is 11.3 Å². The molecule has 8 heteroatoms. The third kappa shape index (κ3) is 3.37. The van der Waals surface area contributed by atoms with Gasteiger partial charge in [-0.2, -0.15) is 10.4 Å². The second kappa shape index (κ2) is 7.56. The number of aromatic nitrogens is 3. The van der Waals surface area contributed by atoms with Gasteiger partial charge in [-0.25, -0.2) is 9.50 Å². The van der Waals surface area contributed by atoms with Gasteiger partial charge in [-0.1, -0.05) is 0 Å². The lowest BCUT2D eigenvalue weighted by atomic mass is 9.84. The first-order valence-electron chi connectivity index (χ1n) is 10.8. The first kappa shape index (κ1) is 18.8. The van der Waals surface area contributed by atoms with Crippen LogP contribution in [0.1, 0.15) is 50.3 Å². The van der Waals surface area contributed by atoms with E-state index in [1.54, 1.807) is 0 Å². The molecule has 3 fully saturated rings. The number of ether oxygens (including phenoxy) is 1. The Kier molecular flexibility index (Phi) is 4.90. The van der Waals surface area contributed by atoms with E-state index in [0.29, 0.717) is 17.9 Å². The van der Waals surface area contributed by atoms with Gasteiger partial charge in [0.05, 0.1) is 24.4 Å². The quantitative estimate of drug-likeness (QED) is 0.791. The molecule has 3 saturated heterocycles. The molecule has 2 atom stereocenters. The molecule has 3 aliphatic heterocycles. The fourth-order valence-electron chi connectivity index (χ4n) is 5.59. The van der Waals surface area contributed by atoms with E-state index in [-0.39, 0.29) is 12.2 Å². The van der Waals surface area contributed by atoms with Crippen LogP contribution >= 0.6 is 0 Å². The number of hydrogen-bond donors (Lipinski definition) is 1. The van der Waals surface area contributed by atoms with Crippen LogP contribution in [0.4, 0.5) is 5.82 Å². The number of likely N-dealkylation sites (tertiary alicyclic amines) is 2. The maximum atomic E-state index is 8.97.